The van der Waals surface area contributed by atoms with E-state index in [-0.39, 0.29) is 11.1 Å². The van der Waals surface area contributed by atoms with Gasteiger partial charge in [-0.15, -0.1) is 0 Å². The van der Waals surface area contributed by atoms with E-state index in [1.54, 1.807) is 36.4 Å². The van der Waals surface area contributed by atoms with Gasteiger partial charge in [0, 0.05) is 15.8 Å². The summed E-state index contributed by atoms with van der Waals surface area (Å²) in [6, 6.07) is 14.9. The van der Waals surface area contributed by atoms with Crippen LogP contribution < -0.4 is 11.3 Å². The van der Waals surface area contributed by atoms with Gasteiger partial charge >= 0.3 is 11.3 Å². The number of rotatable bonds is 2. The quantitative estimate of drug-likeness (QED) is 0.386. The van der Waals surface area contributed by atoms with Crippen LogP contribution in [0.3, 0.4) is 0 Å². The average Bonchev–Trinajstić information content (AvgIpc) is 2.67. The summed E-state index contributed by atoms with van der Waals surface area (Å²) in [6.07, 6.45) is 0.963. The molecule has 0 atom stereocenters. The van der Waals surface area contributed by atoms with Crippen molar-refractivity contribution < 1.29 is 18.4 Å². The highest BCUT2D eigenvalue weighted by molar-refractivity contribution is 6.31. The molecule has 6 nitrogen and oxygen atoms in total. The zero-order valence-electron chi connectivity index (χ0n) is 13.7. The maximum Gasteiger partial charge on any atom is 0.346 e. The van der Waals surface area contributed by atoms with Crippen LogP contribution >= 0.6 is 11.6 Å². The molecule has 2 aromatic carbocycles. The molecular formula is C20H11ClO6. The molecule has 27 heavy (non-hydrogen) atoms. The second-order valence-electron chi connectivity index (χ2n) is 5.43. The van der Waals surface area contributed by atoms with Crippen LogP contribution in [0.1, 0.15) is 20.7 Å². The van der Waals surface area contributed by atoms with E-state index in [0.717, 1.165) is 5.39 Å². The van der Waals surface area contributed by atoms with Gasteiger partial charge in [-0.1, -0.05) is 29.8 Å². The number of halogens is 1. The molecule has 0 spiro atoms. The second kappa shape index (κ2) is 7.80. The molecule has 0 amide bonds. The number of hydrogen-bond acceptors (Lipinski definition) is 6. The number of hydrogen-bond donors (Lipinski definition) is 0. The summed E-state index contributed by atoms with van der Waals surface area (Å²) in [7, 11) is 0. The summed E-state index contributed by atoms with van der Waals surface area (Å²) in [4.78, 5) is 43.1. The molecular weight excluding hydrogens is 372 g/mol. The van der Waals surface area contributed by atoms with E-state index < -0.39 is 11.3 Å². The summed E-state index contributed by atoms with van der Waals surface area (Å²) in [5, 5.41) is 1.92. The van der Waals surface area contributed by atoms with Gasteiger partial charge in [-0.25, -0.2) is 9.59 Å². The van der Waals surface area contributed by atoms with Gasteiger partial charge in [-0.05, 0) is 36.4 Å². The molecule has 0 bridgehead atoms. The molecule has 0 saturated carbocycles. The van der Waals surface area contributed by atoms with Crippen LogP contribution in [0.2, 0.25) is 5.02 Å². The third kappa shape index (κ3) is 4.02. The topological polar surface area (TPSA) is 94.6 Å². The lowest BCUT2D eigenvalue weighted by atomic mass is 10.2. The molecule has 0 fully saturated rings. The first-order valence-electron chi connectivity index (χ1n) is 7.68. The summed E-state index contributed by atoms with van der Waals surface area (Å²) in [5.74, 6) is 0. The Morgan fingerprint density at radius 1 is 0.704 bits per heavy atom. The van der Waals surface area contributed by atoms with E-state index >= 15 is 0 Å². The predicted octanol–water partition coefficient (Wildman–Crippen LogP) is 3.86. The monoisotopic (exact) mass is 382 g/mol. The van der Waals surface area contributed by atoms with Crippen molar-refractivity contribution >= 4 is 46.1 Å². The van der Waals surface area contributed by atoms with Crippen molar-refractivity contribution in [2.75, 3.05) is 0 Å². The molecule has 0 radical (unpaired) electrons. The highest BCUT2D eigenvalue weighted by Gasteiger charge is 2.04. The van der Waals surface area contributed by atoms with Gasteiger partial charge in [0.15, 0.2) is 12.6 Å². The smallest absolute Gasteiger partial charge is 0.346 e. The van der Waals surface area contributed by atoms with E-state index in [1.807, 2.05) is 6.07 Å². The van der Waals surface area contributed by atoms with Gasteiger partial charge in [0.05, 0.1) is 0 Å². The predicted molar refractivity (Wildman–Crippen MR) is 101 cm³/mol. The lowest BCUT2D eigenvalue weighted by Gasteiger charge is -1.97. The van der Waals surface area contributed by atoms with Gasteiger partial charge in [-0.2, -0.15) is 0 Å². The van der Waals surface area contributed by atoms with E-state index in [2.05, 4.69) is 0 Å². The molecule has 0 aliphatic heterocycles. The van der Waals surface area contributed by atoms with Crippen molar-refractivity contribution in [1.82, 2.24) is 0 Å². The molecule has 7 heteroatoms. The molecule has 4 rings (SSSR count). The molecule has 2 heterocycles. The molecule has 0 aliphatic carbocycles. The Kier molecular flexibility index (Phi) is 5.28. The number of carbonyl (C=O) groups is 2. The molecule has 2 aromatic heterocycles. The van der Waals surface area contributed by atoms with Crippen molar-refractivity contribution in [3.63, 3.8) is 0 Å². The average molecular weight is 383 g/mol. The number of aldehydes is 2. The van der Waals surface area contributed by atoms with Crippen LogP contribution in [0.15, 0.2) is 73.0 Å². The second-order valence-corrected chi connectivity index (χ2v) is 5.87. The van der Waals surface area contributed by atoms with Crippen LogP contribution in [-0.4, -0.2) is 12.6 Å². The maximum absolute atomic E-state index is 11.1. The third-order valence-corrected chi connectivity index (χ3v) is 3.88. The summed E-state index contributed by atoms with van der Waals surface area (Å²) < 4.78 is 9.79. The van der Waals surface area contributed by atoms with E-state index in [0.29, 0.717) is 34.1 Å². The first-order valence-corrected chi connectivity index (χ1v) is 8.06. The molecule has 134 valence electrons. The zero-order valence-corrected chi connectivity index (χ0v) is 14.4. The summed E-state index contributed by atoms with van der Waals surface area (Å²) in [5.41, 5.74) is -0.245. The van der Waals surface area contributed by atoms with Gasteiger partial charge in [0.2, 0.25) is 0 Å². The standard InChI is InChI=1S/C10H5ClO3.C10H6O3/c11-8-1-2-9-6(4-8)3-7(5-12)10(13)14-9;11-6-8-5-7-3-1-2-4-9(7)13-10(8)12/h1-5H;1-6H. The number of fused-ring (bicyclic) bond motifs is 2. The lowest BCUT2D eigenvalue weighted by molar-refractivity contribution is 0.111. The van der Waals surface area contributed by atoms with Crippen molar-refractivity contribution in [1.29, 1.82) is 0 Å². The summed E-state index contributed by atoms with van der Waals surface area (Å²) >= 11 is 5.75. The van der Waals surface area contributed by atoms with Crippen LogP contribution in [-0.2, 0) is 0 Å². The molecule has 0 saturated heterocycles. The zero-order chi connectivity index (χ0) is 19.4. The van der Waals surface area contributed by atoms with Crippen molar-refractivity contribution in [3.8, 4) is 0 Å². The minimum absolute atomic E-state index is 0.000216. The normalized spacial score (nSPS) is 10.3. The first kappa shape index (κ1) is 18.3. The fraction of sp³-hybridized carbons (Fsp3) is 0. The van der Waals surface area contributed by atoms with E-state index in [9.17, 15) is 19.2 Å². The van der Waals surface area contributed by atoms with E-state index in [4.69, 9.17) is 20.4 Å². The van der Waals surface area contributed by atoms with Crippen LogP contribution in [0.4, 0.5) is 0 Å². The highest BCUT2D eigenvalue weighted by atomic mass is 35.5. The minimum Gasteiger partial charge on any atom is -0.422 e. The Morgan fingerprint density at radius 2 is 1.26 bits per heavy atom. The SMILES string of the molecule is O=Cc1cc2cc(Cl)ccc2oc1=O.O=Cc1cc2ccccc2oc1=O. The van der Waals surface area contributed by atoms with Gasteiger partial charge in [0.1, 0.15) is 22.3 Å². The van der Waals surface area contributed by atoms with Gasteiger partial charge in [0.25, 0.3) is 0 Å². The lowest BCUT2D eigenvalue weighted by Crippen LogP contribution is -2.05. The highest BCUT2D eigenvalue weighted by Crippen LogP contribution is 2.18. The Bertz CT molecular complexity index is 1270. The largest absolute Gasteiger partial charge is 0.422 e. The number of carbonyl (C=O) groups excluding carboxylic acids is 2. The van der Waals surface area contributed by atoms with Crippen LogP contribution in [0.5, 0.6) is 0 Å². The molecule has 0 unspecified atom stereocenters. The van der Waals surface area contributed by atoms with Gasteiger partial charge < -0.3 is 8.83 Å². The fourth-order valence-corrected chi connectivity index (χ4v) is 2.53. The Hall–Kier alpha value is -3.51. The Labute approximate surface area is 156 Å². The third-order valence-electron chi connectivity index (χ3n) is 3.64. The van der Waals surface area contributed by atoms with Crippen molar-refractivity contribution in [3.05, 3.63) is 91.6 Å². The van der Waals surface area contributed by atoms with Gasteiger partial charge in [-0.3, -0.25) is 9.59 Å². The molecule has 0 aliphatic rings. The van der Waals surface area contributed by atoms with Crippen molar-refractivity contribution in [2.45, 2.75) is 0 Å². The molecule has 4 aromatic rings. The summed E-state index contributed by atoms with van der Waals surface area (Å²) in [6.45, 7) is 0. The number of benzene rings is 2. The fourth-order valence-electron chi connectivity index (χ4n) is 2.35. The maximum atomic E-state index is 11.1. The van der Waals surface area contributed by atoms with E-state index in [1.165, 1.54) is 12.1 Å². The first-order chi connectivity index (χ1) is 13.0. The Morgan fingerprint density at radius 3 is 1.89 bits per heavy atom. The number of para-hydroxylation sites is 1. The Balaban J connectivity index is 0.000000156. The minimum atomic E-state index is -0.630. The van der Waals surface area contributed by atoms with Crippen LogP contribution in [0, 0.1) is 0 Å². The van der Waals surface area contributed by atoms with Crippen LogP contribution in [0.25, 0.3) is 21.9 Å². The van der Waals surface area contributed by atoms with Crippen molar-refractivity contribution in [2.24, 2.45) is 0 Å². The molecule has 0 N–H and O–H groups in total.